The first-order valence-electron chi connectivity index (χ1n) is 6.40. The summed E-state index contributed by atoms with van der Waals surface area (Å²) < 4.78 is 0. The summed E-state index contributed by atoms with van der Waals surface area (Å²) in [6.07, 6.45) is 5.62. The largest absolute Gasteiger partial charge is 0.337 e. The number of carbonyl (C=O) groups excluding carboxylic acids is 1. The SMILES string of the molecule is CC(c1ccncc1)N(C)C(=O)C(C)(N)C1CC1. The van der Waals surface area contributed by atoms with Crippen molar-refractivity contribution in [3.8, 4) is 0 Å². The Balaban J connectivity index is 2.11. The summed E-state index contributed by atoms with van der Waals surface area (Å²) in [5.74, 6) is 0.367. The maximum atomic E-state index is 12.4. The van der Waals surface area contributed by atoms with E-state index in [0.29, 0.717) is 5.92 Å². The van der Waals surface area contributed by atoms with E-state index in [9.17, 15) is 4.79 Å². The molecular weight excluding hydrogens is 226 g/mol. The van der Waals surface area contributed by atoms with Gasteiger partial charge in [-0.1, -0.05) is 0 Å². The van der Waals surface area contributed by atoms with Crippen molar-refractivity contribution < 1.29 is 4.79 Å². The van der Waals surface area contributed by atoms with Crippen LogP contribution >= 0.6 is 0 Å². The lowest BCUT2D eigenvalue weighted by Gasteiger charge is -2.33. The summed E-state index contributed by atoms with van der Waals surface area (Å²) in [7, 11) is 1.82. The number of aromatic nitrogens is 1. The van der Waals surface area contributed by atoms with Gasteiger partial charge in [-0.2, -0.15) is 0 Å². The van der Waals surface area contributed by atoms with Crippen molar-refractivity contribution in [2.45, 2.75) is 38.3 Å². The van der Waals surface area contributed by atoms with Gasteiger partial charge < -0.3 is 10.6 Å². The molecule has 1 fully saturated rings. The highest BCUT2D eigenvalue weighted by Crippen LogP contribution is 2.39. The molecule has 0 aromatic carbocycles. The van der Waals surface area contributed by atoms with Gasteiger partial charge in [0.05, 0.1) is 11.6 Å². The van der Waals surface area contributed by atoms with Crippen LogP contribution in [0, 0.1) is 5.92 Å². The first kappa shape index (κ1) is 13.0. The Labute approximate surface area is 108 Å². The Morgan fingerprint density at radius 3 is 2.56 bits per heavy atom. The summed E-state index contributed by atoms with van der Waals surface area (Å²) in [5, 5.41) is 0. The van der Waals surface area contributed by atoms with Crippen LogP contribution in [0.5, 0.6) is 0 Å². The van der Waals surface area contributed by atoms with Crippen molar-refractivity contribution in [3.05, 3.63) is 30.1 Å². The quantitative estimate of drug-likeness (QED) is 0.881. The molecule has 2 rings (SSSR count). The number of rotatable bonds is 4. The van der Waals surface area contributed by atoms with Crippen LogP contribution in [0.1, 0.15) is 38.3 Å². The number of hydrogen-bond acceptors (Lipinski definition) is 3. The van der Waals surface area contributed by atoms with Crippen LogP contribution in [0.15, 0.2) is 24.5 Å². The Hall–Kier alpha value is -1.42. The summed E-state index contributed by atoms with van der Waals surface area (Å²) in [4.78, 5) is 18.2. The Morgan fingerprint density at radius 1 is 1.50 bits per heavy atom. The van der Waals surface area contributed by atoms with Crippen LogP contribution in [0.4, 0.5) is 0 Å². The molecule has 2 N–H and O–H groups in total. The molecule has 0 radical (unpaired) electrons. The monoisotopic (exact) mass is 247 g/mol. The average molecular weight is 247 g/mol. The zero-order valence-electron chi connectivity index (χ0n) is 11.3. The van der Waals surface area contributed by atoms with E-state index in [4.69, 9.17) is 5.73 Å². The molecule has 4 nitrogen and oxygen atoms in total. The van der Waals surface area contributed by atoms with Gasteiger partial charge in [0, 0.05) is 19.4 Å². The number of pyridine rings is 1. The molecule has 98 valence electrons. The maximum Gasteiger partial charge on any atom is 0.242 e. The smallest absolute Gasteiger partial charge is 0.242 e. The van der Waals surface area contributed by atoms with E-state index in [0.717, 1.165) is 18.4 Å². The van der Waals surface area contributed by atoms with Gasteiger partial charge in [0.1, 0.15) is 0 Å². The normalized spacial score (nSPS) is 20.0. The molecule has 1 aliphatic carbocycles. The van der Waals surface area contributed by atoms with Gasteiger partial charge in [0.25, 0.3) is 0 Å². The third-order valence-corrected chi connectivity index (χ3v) is 3.98. The van der Waals surface area contributed by atoms with Gasteiger partial charge in [0.2, 0.25) is 5.91 Å². The first-order chi connectivity index (χ1) is 8.44. The molecule has 1 saturated carbocycles. The highest BCUT2D eigenvalue weighted by atomic mass is 16.2. The number of nitrogens with two attached hydrogens (primary N) is 1. The lowest BCUT2D eigenvalue weighted by molar-refractivity contribution is -0.137. The fourth-order valence-corrected chi connectivity index (χ4v) is 2.28. The molecular formula is C14H21N3O. The van der Waals surface area contributed by atoms with Crippen LogP contribution in [-0.2, 0) is 4.79 Å². The molecule has 4 heteroatoms. The zero-order chi connectivity index (χ0) is 13.3. The van der Waals surface area contributed by atoms with Crippen molar-refractivity contribution in [1.29, 1.82) is 0 Å². The van der Waals surface area contributed by atoms with Crippen LogP contribution in [0.3, 0.4) is 0 Å². The van der Waals surface area contributed by atoms with E-state index in [2.05, 4.69) is 4.98 Å². The third kappa shape index (κ3) is 2.38. The Morgan fingerprint density at radius 2 is 2.06 bits per heavy atom. The molecule has 0 spiro atoms. The summed E-state index contributed by atoms with van der Waals surface area (Å²) in [6.45, 7) is 3.86. The number of carbonyl (C=O) groups is 1. The molecule has 1 aromatic rings. The second-order valence-corrected chi connectivity index (χ2v) is 5.43. The molecule has 1 aromatic heterocycles. The van der Waals surface area contributed by atoms with E-state index in [1.807, 2.05) is 33.0 Å². The minimum absolute atomic E-state index is 0.0159. The van der Waals surface area contributed by atoms with Crippen molar-refractivity contribution in [1.82, 2.24) is 9.88 Å². The molecule has 0 aliphatic heterocycles. The fourth-order valence-electron chi connectivity index (χ4n) is 2.28. The van der Waals surface area contributed by atoms with E-state index in [-0.39, 0.29) is 11.9 Å². The fraction of sp³-hybridized carbons (Fsp3) is 0.571. The minimum atomic E-state index is -0.726. The van der Waals surface area contributed by atoms with E-state index < -0.39 is 5.54 Å². The van der Waals surface area contributed by atoms with Crippen LogP contribution < -0.4 is 5.73 Å². The number of amides is 1. The van der Waals surface area contributed by atoms with Crippen molar-refractivity contribution in [3.63, 3.8) is 0 Å². The number of nitrogens with zero attached hydrogens (tertiary/aromatic N) is 2. The second-order valence-electron chi connectivity index (χ2n) is 5.43. The lowest BCUT2D eigenvalue weighted by Crippen LogP contribution is -2.54. The zero-order valence-corrected chi connectivity index (χ0v) is 11.3. The molecule has 1 amide bonds. The van der Waals surface area contributed by atoms with Gasteiger partial charge in [-0.15, -0.1) is 0 Å². The van der Waals surface area contributed by atoms with Gasteiger partial charge in [-0.25, -0.2) is 0 Å². The first-order valence-corrected chi connectivity index (χ1v) is 6.40. The summed E-state index contributed by atoms with van der Waals surface area (Å²) in [5.41, 5.74) is 6.53. The summed E-state index contributed by atoms with van der Waals surface area (Å²) in [6, 6.07) is 3.88. The average Bonchev–Trinajstić information content (AvgIpc) is 3.21. The summed E-state index contributed by atoms with van der Waals surface area (Å²) >= 11 is 0. The number of likely N-dealkylation sites (N-methyl/N-ethyl adjacent to an activating group) is 1. The van der Waals surface area contributed by atoms with E-state index >= 15 is 0 Å². The Kier molecular flexibility index (Phi) is 3.39. The highest BCUT2D eigenvalue weighted by Gasteiger charge is 2.45. The van der Waals surface area contributed by atoms with E-state index in [1.165, 1.54) is 0 Å². The molecule has 2 atom stereocenters. The van der Waals surface area contributed by atoms with Gasteiger partial charge in [0.15, 0.2) is 0 Å². The van der Waals surface area contributed by atoms with Gasteiger partial charge in [-0.3, -0.25) is 9.78 Å². The lowest BCUT2D eigenvalue weighted by atomic mass is 9.94. The van der Waals surface area contributed by atoms with Crippen molar-refractivity contribution in [2.75, 3.05) is 7.05 Å². The molecule has 1 heterocycles. The van der Waals surface area contributed by atoms with Crippen molar-refractivity contribution in [2.24, 2.45) is 11.7 Å². The topological polar surface area (TPSA) is 59.2 Å². The minimum Gasteiger partial charge on any atom is -0.337 e. The van der Waals surface area contributed by atoms with Crippen LogP contribution in [-0.4, -0.2) is 28.4 Å². The molecule has 18 heavy (non-hydrogen) atoms. The van der Waals surface area contributed by atoms with Gasteiger partial charge in [-0.05, 0) is 50.3 Å². The van der Waals surface area contributed by atoms with Crippen LogP contribution in [0.2, 0.25) is 0 Å². The van der Waals surface area contributed by atoms with E-state index in [1.54, 1.807) is 17.3 Å². The standard InChI is InChI=1S/C14H21N3O/c1-10(11-6-8-16-9-7-11)17(3)13(18)14(2,15)12-4-5-12/h6-10,12H,4-5,15H2,1-3H3. The molecule has 2 unspecified atom stereocenters. The molecule has 1 aliphatic rings. The molecule has 0 bridgehead atoms. The Bertz CT molecular complexity index is 426. The molecule has 0 saturated heterocycles. The predicted molar refractivity (Wildman–Crippen MR) is 70.7 cm³/mol. The maximum absolute atomic E-state index is 12.4. The number of hydrogen-bond donors (Lipinski definition) is 1. The van der Waals surface area contributed by atoms with Gasteiger partial charge >= 0.3 is 0 Å². The van der Waals surface area contributed by atoms with Crippen molar-refractivity contribution >= 4 is 5.91 Å². The highest BCUT2D eigenvalue weighted by molar-refractivity contribution is 5.86. The third-order valence-electron chi connectivity index (χ3n) is 3.98. The van der Waals surface area contributed by atoms with Crippen LogP contribution in [0.25, 0.3) is 0 Å². The predicted octanol–water partition coefficient (Wildman–Crippen LogP) is 1.73. The second kappa shape index (κ2) is 4.69.